The zero-order valence-corrected chi connectivity index (χ0v) is 23.8. The maximum atomic E-state index is 13.1. The van der Waals surface area contributed by atoms with Gasteiger partial charge in [0.05, 0.1) is 6.10 Å². The van der Waals surface area contributed by atoms with Crippen molar-refractivity contribution in [3.63, 3.8) is 0 Å². The van der Waals surface area contributed by atoms with Gasteiger partial charge < -0.3 is 14.8 Å². The summed E-state index contributed by atoms with van der Waals surface area (Å²) < 4.78 is 6.54. The van der Waals surface area contributed by atoms with Crippen LogP contribution in [0.1, 0.15) is 111 Å². The van der Waals surface area contributed by atoms with Gasteiger partial charge in [0.2, 0.25) is 5.91 Å². The van der Waals surface area contributed by atoms with Gasteiger partial charge >= 0.3 is 0 Å². The number of aliphatic hydroxyl groups is 1. The molecule has 0 radical (unpaired) electrons. The largest absolute Gasteiger partial charge is 0.405 e. The predicted molar refractivity (Wildman–Crippen MR) is 143 cm³/mol. The van der Waals surface area contributed by atoms with Gasteiger partial charge in [-0.25, -0.2) is 0 Å². The highest BCUT2D eigenvalue weighted by atomic mass is 28.4. The summed E-state index contributed by atoms with van der Waals surface area (Å²) in [5.74, 6) is 2.60. The first-order valence-corrected chi connectivity index (χ1v) is 16.4. The highest BCUT2D eigenvalue weighted by molar-refractivity contribution is 6.74. The van der Waals surface area contributed by atoms with Crippen LogP contribution in [-0.4, -0.2) is 43.7 Å². The number of carbonyl (C=O) groups is 1. The Hall–Kier alpha value is -1.23. The molecule has 0 saturated heterocycles. The van der Waals surface area contributed by atoms with Crippen LogP contribution in [0.4, 0.5) is 0 Å². The van der Waals surface area contributed by atoms with Gasteiger partial charge in [0.1, 0.15) is 6.10 Å². The second-order valence-corrected chi connectivity index (χ2v) is 16.2. The predicted octanol–water partition coefficient (Wildman–Crippen LogP) is 6.74. The van der Waals surface area contributed by atoms with E-state index >= 15 is 0 Å². The van der Waals surface area contributed by atoms with Crippen LogP contribution in [0.2, 0.25) is 18.1 Å². The van der Waals surface area contributed by atoms with Crippen LogP contribution in [0.25, 0.3) is 0 Å². The van der Waals surface area contributed by atoms with Crippen molar-refractivity contribution >= 4 is 14.2 Å². The zero-order chi connectivity index (χ0) is 25.7. The van der Waals surface area contributed by atoms with E-state index in [0.717, 1.165) is 44.9 Å². The Morgan fingerprint density at radius 2 is 1.65 bits per heavy atom. The van der Waals surface area contributed by atoms with E-state index in [1.54, 1.807) is 0 Å². The third kappa shape index (κ3) is 11.9. The molecule has 0 bridgehead atoms. The van der Waals surface area contributed by atoms with Crippen molar-refractivity contribution in [1.82, 2.24) is 5.32 Å². The number of carbonyl (C=O) groups excluding carboxylic acids is 1. The van der Waals surface area contributed by atoms with Crippen molar-refractivity contribution in [2.24, 2.45) is 10.2 Å². The van der Waals surface area contributed by atoms with Crippen molar-refractivity contribution in [3.8, 4) is 12.3 Å². The lowest BCUT2D eigenvalue weighted by Gasteiger charge is -2.39. The normalized spacial score (nSPS) is 16.6. The van der Waals surface area contributed by atoms with Gasteiger partial charge in [0.25, 0.3) is 0 Å². The Balaban J connectivity index is 2.48. The molecule has 0 aliphatic carbocycles. The van der Waals surface area contributed by atoms with Gasteiger partial charge in [-0.3, -0.25) is 4.79 Å². The Labute approximate surface area is 210 Å². The first-order chi connectivity index (χ1) is 16.0. The number of unbranched alkanes of at least 4 members (excludes halogenated alkanes) is 5. The van der Waals surface area contributed by atoms with Crippen LogP contribution >= 0.6 is 0 Å². The van der Waals surface area contributed by atoms with E-state index in [2.05, 4.69) is 62.3 Å². The molecule has 0 unspecified atom stereocenters. The fraction of sp³-hybridized carbons (Fsp3) is 0.889. The molecule has 0 spiro atoms. The van der Waals surface area contributed by atoms with E-state index in [4.69, 9.17) is 10.8 Å². The van der Waals surface area contributed by atoms with E-state index in [9.17, 15) is 9.90 Å². The molecule has 196 valence electrons. The Bertz CT molecular complexity index is 661. The third-order valence-corrected chi connectivity index (χ3v) is 11.8. The smallest absolute Gasteiger partial charge is 0.247 e. The number of amides is 1. The fourth-order valence-electron chi connectivity index (χ4n) is 3.78. The van der Waals surface area contributed by atoms with Crippen molar-refractivity contribution in [2.75, 3.05) is 6.54 Å². The number of hydrogen-bond acceptors (Lipinski definition) is 5. The molecule has 6 nitrogen and oxygen atoms in total. The first-order valence-electron chi connectivity index (χ1n) is 13.5. The molecule has 0 saturated carbocycles. The molecule has 0 aromatic carbocycles. The van der Waals surface area contributed by atoms with Crippen molar-refractivity contribution in [3.05, 3.63) is 0 Å². The number of hydrogen-bond donors (Lipinski definition) is 2. The topological polar surface area (TPSA) is 83.3 Å². The van der Waals surface area contributed by atoms with Crippen LogP contribution < -0.4 is 5.32 Å². The molecular weight excluding hydrogens is 442 g/mol. The quantitative estimate of drug-likeness (QED) is 0.119. The summed E-state index contributed by atoms with van der Waals surface area (Å²) in [4.78, 5) is 13.1. The summed E-state index contributed by atoms with van der Waals surface area (Å²) in [7, 11) is -2.08. The fourth-order valence-corrected chi connectivity index (χ4v) is 5.07. The Morgan fingerprint density at radius 3 is 2.18 bits per heavy atom. The molecule has 1 rings (SSSR count). The van der Waals surface area contributed by atoms with Gasteiger partial charge in [-0.1, -0.05) is 72.6 Å². The van der Waals surface area contributed by atoms with Gasteiger partial charge in [-0.15, -0.1) is 12.3 Å². The van der Waals surface area contributed by atoms with Crippen LogP contribution in [-0.2, 0) is 9.22 Å². The number of rotatable bonds is 19. The van der Waals surface area contributed by atoms with Crippen molar-refractivity contribution < 1.29 is 14.3 Å². The molecule has 0 fully saturated rings. The summed E-state index contributed by atoms with van der Waals surface area (Å²) in [6.45, 7) is 13.7. The minimum Gasteiger partial charge on any atom is -0.405 e. The lowest BCUT2D eigenvalue weighted by molar-refractivity contribution is -0.128. The molecule has 2 N–H and O–H groups in total. The lowest BCUT2D eigenvalue weighted by Crippen LogP contribution is -2.49. The molecule has 1 aliphatic heterocycles. The molecule has 7 heteroatoms. The number of terminal acetylenes is 1. The first kappa shape index (κ1) is 30.8. The van der Waals surface area contributed by atoms with Crippen molar-refractivity contribution in [1.29, 1.82) is 0 Å². The molecule has 1 heterocycles. The van der Waals surface area contributed by atoms with E-state index in [1.165, 1.54) is 19.3 Å². The van der Waals surface area contributed by atoms with Crippen LogP contribution in [0.3, 0.4) is 0 Å². The molecule has 1 amide bonds. The number of nitrogens with one attached hydrogen (secondary N) is 1. The molecular formula is C27H51N3O3Si. The molecule has 0 aromatic rings. The Kier molecular flexibility index (Phi) is 13.6. The maximum Gasteiger partial charge on any atom is 0.247 e. The summed E-state index contributed by atoms with van der Waals surface area (Å²) in [5, 5.41) is 21.6. The molecule has 34 heavy (non-hydrogen) atoms. The van der Waals surface area contributed by atoms with Gasteiger partial charge in [0, 0.05) is 25.8 Å². The van der Waals surface area contributed by atoms with Gasteiger partial charge in [-0.2, -0.15) is 10.2 Å². The molecule has 1 aliphatic rings. The summed E-state index contributed by atoms with van der Waals surface area (Å²) >= 11 is 0. The van der Waals surface area contributed by atoms with E-state index in [1.807, 2.05) is 0 Å². The van der Waals surface area contributed by atoms with Crippen LogP contribution in [0.5, 0.6) is 0 Å². The minimum absolute atomic E-state index is 0.0338. The second-order valence-electron chi connectivity index (χ2n) is 11.4. The number of aliphatic hydroxyl groups excluding tert-OH is 1. The minimum atomic E-state index is -2.08. The maximum absolute atomic E-state index is 13.1. The summed E-state index contributed by atoms with van der Waals surface area (Å²) in [6, 6.07) is 0. The SMILES string of the molecule is C#CCCC1(CCNC(=O)[C@@H](CCCCC[C@H](O)CCCCCC)O[Si](C)(C)C(C)(C)C)N=N1. The second kappa shape index (κ2) is 15.0. The highest BCUT2D eigenvalue weighted by Crippen LogP contribution is 2.38. The monoisotopic (exact) mass is 493 g/mol. The number of nitrogens with zero attached hydrogens (tertiary/aromatic N) is 2. The summed E-state index contributed by atoms with van der Waals surface area (Å²) in [6.07, 6.45) is 17.0. The van der Waals surface area contributed by atoms with E-state index < -0.39 is 14.4 Å². The van der Waals surface area contributed by atoms with Gasteiger partial charge in [-0.05, 0) is 37.4 Å². The average Bonchev–Trinajstić information content (AvgIpc) is 3.53. The summed E-state index contributed by atoms with van der Waals surface area (Å²) in [5.41, 5.74) is -0.382. The standard InChI is InChI=1S/C27H51N3O3Si/c1-8-10-12-14-17-23(31)18-15-13-16-19-24(33-34(6,7)26(3,4)5)25(32)28-22-21-27(29-30-27)20-11-9-2/h2,23-24,31H,8,10-22H2,1,3-7H3,(H,28,32)/t23-,24-/m1/s1. The van der Waals surface area contributed by atoms with E-state index in [0.29, 0.717) is 25.8 Å². The van der Waals surface area contributed by atoms with Crippen LogP contribution in [0.15, 0.2) is 10.2 Å². The van der Waals surface area contributed by atoms with E-state index in [-0.39, 0.29) is 22.7 Å². The van der Waals surface area contributed by atoms with Crippen molar-refractivity contribution in [2.45, 2.75) is 147 Å². The lowest BCUT2D eigenvalue weighted by atomic mass is 10.0. The molecule has 0 aromatic heterocycles. The van der Waals surface area contributed by atoms with Crippen LogP contribution in [0, 0.1) is 12.3 Å². The third-order valence-electron chi connectivity index (χ3n) is 7.31. The highest BCUT2D eigenvalue weighted by Gasteiger charge is 2.41. The Morgan fingerprint density at radius 1 is 1.06 bits per heavy atom. The van der Waals surface area contributed by atoms with Gasteiger partial charge in [0.15, 0.2) is 14.0 Å². The average molecular weight is 494 g/mol. The zero-order valence-electron chi connectivity index (χ0n) is 22.8. The molecule has 2 atom stereocenters.